The maximum atomic E-state index is 10.8. The van der Waals surface area contributed by atoms with E-state index in [0.717, 1.165) is 12.0 Å². The Morgan fingerprint density at radius 2 is 2.20 bits per heavy atom. The van der Waals surface area contributed by atoms with Crippen molar-refractivity contribution in [1.82, 2.24) is 9.55 Å². The first-order valence-corrected chi connectivity index (χ1v) is 4.86. The summed E-state index contributed by atoms with van der Waals surface area (Å²) in [4.78, 5) is 15.0. The van der Waals surface area contributed by atoms with Gasteiger partial charge in [-0.3, -0.25) is 9.36 Å². The normalized spacial score (nSPS) is 10.3. The molecule has 0 aliphatic heterocycles. The third kappa shape index (κ3) is 1.66. The summed E-state index contributed by atoms with van der Waals surface area (Å²) in [6.45, 7) is 1.90. The van der Waals surface area contributed by atoms with Crippen molar-refractivity contribution in [3.63, 3.8) is 0 Å². The lowest BCUT2D eigenvalue weighted by Crippen LogP contribution is -2.03. The number of pyridine rings is 1. The fourth-order valence-corrected chi connectivity index (χ4v) is 1.69. The fourth-order valence-electron chi connectivity index (χ4n) is 1.48. The van der Waals surface area contributed by atoms with Crippen LogP contribution < -0.4 is 0 Å². The molecule has 4 heteroatoms. The quantitative estimate of drug-likeness (QED) is 0.730. The van der Waals surface area contributed by atoms with E-state index >= 15 is 0 Å². The summed E-state index contributed by atoms with van der Waals surface area (Å²) < 4.78 is 1.73. The van der Waals surface area contributed by atoms with Crippen molar-refractivity contribution in [2.24, 2.45) is 0 Å². The van der Waals surface area contributed by atoms with E-state index in [9.17, 15) is 4.79 Å². The van der Waals surface area contributed by atoms with E-state index in [0.29, 0.717) is 16.5 Å². The largest absolute Gasteiger partial charge is 0.296 e. The highest BCUT2D eigenvalue weighted by atomic mass is 35.5. The lowest BCUT2D eigenvalue weighted by molar-refractivity contribution is 0.111. The van der Waals surface area contributed by atoms with Crippen LogP contribution in [0.1, 0.15) is 16.2 Å². The van der Waals surface area contributed by atoms with Crippen LogP contribution in [0.25, 0.3) is 5.82 Å². The van der Waals surface area contributed by atoms with Crippen molar-refractivity contribution in [3.8, 4) is 5.82 Å². The van der Waals surface area contributed by atoms with E-state index in [4.69, 9.17) is 11.6 Å². The Morgan fingerprint density at radius 1 is 1.40 bits per heavy atom. The number of aromatic nitrogens is 2. The molecule has 0 fully saturated rings. The van der Waals surface area contributed by atoms with Gasteiger partial charge in [-0.25, -0.2) is 4.98 Å². The maximum absolute atomic E-state index is 10.8. The minimum absolute atomic E-state index is 0.528. The average Bonchev–Trinajstić information content (AvgIpc) is 2.60. The molecular weight excluding hydrogens is 212 g/mol. The first kappa shape index (κ1) is 9.93. The monoisotopic (exact) mass is 220 g/mol. The predicted molar refractivity (Wildman–Crippen MR) is 58.7 cm³/mol. The standard InChI is InChI=1S/C11H9ClN2O/c1-8-4-5-9(7-15)14(8)11-10(12)3-2-6-13-11/h2-7H,1H3. The summed E-state index contributed by atoms with van der Waals surface area (Å²) >= 11 is 6.02. The molecule has 0 N–H and O–H groups in total. The molecule has 0 aromatic carbocycles. The van der Waals surface area contributed by atoms with Gasteiger partial charge >= 0.3 is 0 Å². The summed E-state index contributed by atoms with van der Waals surface area (Å²) in [7, 11) is 0. The third-order valence-corrected chi connectivity index (χ3v) is 2.47. The van der Waals surface area contributed by atoms with Crippen LogP contribution in [-0.4, -0.2) is 15.8 Å². The minimum atomic E-state index is 0.528. The van der Waals surface area contributed by atoms with Gasteiger partial charge in [-0.1, -0.05) is 11.6 Å². The van der Waals surface area contributed by atoms with Crippen LogP contribution in [0.15, 0.2) is 30.5 Å². The summed E-state index contributed by atoms with van der Waals surface area (Å²) in [5.74, 6) is 0.587. The molecule has 0 saturated heterocycles. The Balaban J connectivity index is 2.68. The van der Waals surface area contributed by atoms with Crippen LogP contribution in [-0.2, 0) is 0 Å². The number of carbonyl (C=O) groups excluding carboxylic acids is 1. The third-order valence-electron chi connectivity index (χ3n) is 2.18. The maximum Gasteiger partial charge on any atom is 0.166 e. The number of nitrogens with zero attached hydrogens (tertiary/aromatic N) is 2. The number of rotatable bonds is 2. The molecule has 2 rings (SSSR count). The number of halogens is 1. The van der Waals surface area contributed by atoms with E-state index in [2.05, 4.69) is 4.98 Å². The van der Waals surface area contributed by atoms with Gasteiger partial charge in [0.15, 0.2) is 12.1 Å². The van der Waals surface area contributed by atoms with Gasteiger partial charge in [-0.2, -0.15) is 0 Å². The van der Waals surface area contributed by atoms with Gasteiger partial charge in [0.25, 0.3) is 0 Å². The number of hydrogen-bond donors (Lipinski definition) is 0. The van der Waals surface area contributed by atoms with Crippen LogP contribution >= 0.6 is 11.6 Å². The number of hydrogen-bond acceptors (Lipinski definition) is 2. The molecular formula is C11H9ClN2O. The fraction of sp³-hybridized carbons (Fsp3) is 0.0909. The Kier molecular flexibility index (Phi) is 2.56. The molecule has 0 saturated carbocycles. The molecule has 15 heavy (non-hydrogen) atoms. The second-order valence-corrected chi connectivity index (χ2v) is 3.57. The molecule has 0 unspecified atom stereocenters. The van der Waals surface area contributed by atoms with Gasteiger partial charge < -0.3 is 0 Å². The zero-order chi connectivity index (χ0) is 10.8. The van der Waals surface area contributed by atoms with Crippen LogP contribution in [0.5, 0.6) is 0 Å². The van der Waals surface area contributed by atoms with Crippen molar-refractivity contribution in [2.45, 2.75) is 6.92 Å². The van der Waals surface area contributed by atoms with Crippen LogP contribution in [0.4, 0.5) is 0 Å². The Bertz CT molecular complexity index is 505. The summed E-state index contributed by atoms with van der Waals surface area (Å²) in [5, 5.41) is 0.528. The van der Waals surface area contributed by atoms with Gasteiger partial charge in [-0.15, -0.1) is 0 Å². The first-order chi connectivity index (χ1) is 7.24. The molecule has 0 aliphatic rings. The molecule has 0 amide bonds. The minimum Gasteiger partial charge on any atom is -0.296 e. The van der Waals surface area contributed by atoms with Gasteiger partial charge in [-0.05, 0) is 31.2 Å². The number of aldehydes is 1. The van der Waals surface area contributed by atoms with Gasteiger partial charge in [0, 0.05) is 11.9 Å². The summed E-state index contributed by atoms with van der Waals surface area (Å²) in [6, 6.07) is 7.10. The second-order valence-electron chi connectivity index (χ2n) is 3.16. The van der Waals surface area contributed by atoms with E-state index < -0.39 is 0 Å². The molecule has 0 atom stereocenters. The molecule has 0 bridgehead atoms. The molecule has 0 aliphatic carbocycles. The van der Waals surface area contributed by atoms with E-state index in [1.54, 1.807) is 29.0 Å². The molecule has 0 radical (unpaired) electrons. The highest BCUT2D eigenvalue weighted by Crippen LogP contribution is 2.21. The summed E-state index contributed by atoms with van der Waals surface area (Å²) in [5.41, 5.74) is 1.48. The van der Waals surface area contributed by atoms with Gasteiger partial charge in [0.05, 0.1) is 10.7 Å². The Morgan fingerprint density at radius 3 is 2.87 bits per heavy atom. The smallest absolute Gasteiger partial charge is 0.166 e. The SMILES string of the molecule is Cc1ccc(C=O)n1-c1ncccc1Cl. The predicted octanol–water partition coefficient (Wildman–Crippen LogP) is 2.65. The zero-order valence-electron chi connectivity index (χ0n) is 8.14. The molecule has 2 heterocycles. The van der Waals surface area contributed by atoms with Crippen molar-refractivity contribution >= 4 is 17.9 Å². The van der Waals surface area contributed by atoms with Crippen molar-refractivity contribution in [1.29, 1.82) is 0 Å². The number of carbonyl (C=O) groups is 1. The molecule has 0 spiro atoms. The molecule has 3 nitrogen and oxygen atoms in total. The van der Waals surface area contributed by atoms with E-state index in [1.165, 1.54) is 0 Å². The lowest BCUT2D eigenvalue weighted by atomic mass is 10.4. The van der Waals surface area contributed by atoms with Crippen molar-refractivity contribution in [2.75, 3.05) is 0 Å². The van der Waals surface area contributed by atoms with Gasteiger partial charge in [0.1, 0.15) is 0 Å². The van der Waals surface area contributed by atoms with Gasteiger partial charge in [0.2, 0.25) is 0 Å². The van der Waals surface area contributed by atoms with Crippen LogP contribution in [0.2, 0.25) is 5.02 Å². The number of aryl methyl sites for hydroxylation is 1. The molecule has 2 aromatic rings. The topological polar surface area (TPSA) is 34.9 Å². The van der Waals surface area contributed by atoms with E-state index in [-0.39, 0.29) is 0 Å². The van der Waals surface area contributed by atoms with Crippen molar-refractivity contribution in [3.05, 3.63) is 46.9 Å². The lowest BCUT2D eigenvalue weighted by Gasteiger charge is -2.08. The summed E-state index contributed by atoms with van der Waals surface area (Å²) in [6.07, 6.45) is 2.44. The van der Waals surface area contributed by atoms with Crippen LogP contribution in [0, 0.1) is 6.92 Å². The van der Waals surface area contributed by atoms with Crippen LogP contribution in [0.3, 0.4) is 0 Å². The Labute approximate surface area is 92.3 Å². The zero-order valence-corrected chi connectivity index (χ0v) is 8.90. The molecule has 76 valence electrons. The molecule has 2 aromatic heterocycles. The van der Waals surface area contributed by atoms with E-state index in [1.807, 2.05) is 13.0 Å². The van der Waals surface area contributed by atoms with Crippen molar-refractivity contribution < 1.29 is 4.79 Å². The second kappa shape index (κ2) is 3.87. The Hall–Kier alpha value is -1.61. The average molecular weight is 221 g/mol. The highest BCUT2D eigenvalue weighted by molar-refractivity contribution is 6.32. The highest BCUT2D eigenvalue weighted by Gasteiger charge is 2.10. The first-order valence-electron chi connectivity index (χ1n) is 4.48.